The molecule has 0 aromatic heterocycles. The Balaban J connectivity index is 1.74. The molecule has 0 unspecified atom stereocenters. The normalized spacial score (nSPS) is 10.5. The number of hydrogen-bond acceptors (Lipinski definition) is 5. The number of nitrogens with zero attached hydrogens (tertiary/aromatic N) is 1. The van der Waals surface area contributed by atoms with E-state index in [1.54, 1.807) is 36.4 Å². The number of likely N-dealkylation sites (N-methyl/N-ethyl adjacent to an activating group) is 1. The van der Waals surface area contributed by atoms with Crippen molar-refractivity contribution in [2.45, 2.75) is 20.8 Å². The summed E-state index contributed by atoms with van der Waals surface area (Å²) in [5.74, 6) is 0.839. The number of ether oxygens (including phenoxy) is 2. The van der Waals surface area contributed by atoms with Crippen LogP contribution in [0, 0.1) is 0 Å². The van der Waals surface area contributed by atoms with Gasteiger partial charge < -0.3 is 25.0 Å². The second-order valence-corrected chi connectivity index (χ2v) is 6.59. The fraction of sp³-hybridized carbons (Fsp3) is 0.391. The van der Waals surface area contributed by atoms with E-state index in [9.17, 15) is 9.59 Å². The number of anilines is 1. The molecule has 7 nitrogen and oxygen atoms in total. The molecule has 0 saturated carbocycles. The molecule has 0 aliphatic carbocycles. The Morgan fingerprint density at radius 3 is 2.07 bits per heavy atom. The zero-order valence-electron chi connectivity index (χ0n) is 17.9. The molecule has 2 amide bonds. The van der Waals surface area contributed by atoms with Gasteiger partial charge in [0, 0.05) is 17.8 Å². The summed E-state index contributed by atoms with van der Waals surface area (Å²) in [6.07, 6.45) is 0. The summed E-state index contributed by atoms with van der Waals surface area (Å²) in [5, 5.41) is 5.37. The minimum Gasteiger partial charge on any atom is -0.494 e. The van der Waals surface area contributed by atoms with E-state index in [2.05, 4.69) is 29.4 Å². The average molecular weight is 414 g/mol. The number of amides is 2. The van der Waals surface area contributed by atoms with Crippen LogP contribution in [-0.2, 0) is 4.79 Å². The monoisotopic (exact) mass is 413 g/mol. The summed E-state index contributed by atoms with van der Waals surface area (Å²) in [5.41, 5.74) is 1.11. The highest BCUT2D eigenvalue weighted by Gasteiger charge is 2.09. The van der Waals surface area contributed by atoms with E-state index >= 15 is 0 Å². The van der Waals surface area contributed by atoms with Gasteiger partial charge in [-0.05, 0) is 68.5 Å². The largest absolute Gasteiger partial charge is 0.494 e. The van der Waals surface area contributed by atoms with Gasteiger partial charge in [0.1, 0.15) is 18.1 Å². The predicted octanol–water partition coefficient (Wildman–Crippen LogP) is 3.17. The Morgan fingerprint density at radius 1 is 0.867 bits per heavy atom. The summed E-state index contributed by atoms with van der Waals surface area (Å²) < 4.78 is 11.1. The van der Waals surface area contributed by atoms with Gasteiger partial charge in [-0.2, -0.15) is 0 Å². The van der Waals surface area contributed by atoms with E-state index in [1.807, 2.05) is 19.1 Å². The van der Waals surface area contributed by atoms with Crippen molar-refractivity contribution in [1.82, 2.24) is 10.2 Å². The Morgan fingerprint density at radius 2 is 1.47 bits per heavy atom. The molecule has 162 valence electrons. The molecule has 0 aliphatic rings. The SMILES string of the molecule is CCOc1ccc(C(=O)NCC(=O)Nc2ccc(OCCN(CC)CC)cc2)cc1. The Bertz CT molecular complexity index is 787. The van der Waals surface area contributed by atoms with Crippen LogP contribution in [0.2, 0.25) is 0 Å². The molecule has 0 bridgehead atoms. The minimum atomic E-state index is -0.315. The third-order valence-corrected chi connectivity index (χ3v) is 4.55. The first kappa shape index (κ1) is 23.2. The van der Waals surface area contributed by atoms with E-state index < -0.39 is 0 Å². The zero-order chi connectivity index (χ0) is 21.8. The Hall–Kier alpha value is -3.06. The van der Waals surface area contributed by atoms with Crippen molar-refractivity contribution in [2.24, 2.45) is 0 Å². The molecule has 30 heavy (non-hydrogen) atoms. The van der Waals surface area contributed by atoms with Crippen molar-refractivity contribution in [3.8, 4) is 11.5 Å². The third kappa shape index (κ3) is 7.75. The fourth-order valence-electron chi connectivity index (χ4n) is 2.80. The highest BCUT2D eigenvalue weighted by atomic mass is 16.5. The summed E-state index contributed by atoms with van der Waals surface area (Å²) in [4.78, 5) is 26.5. The van der Waals surface area contributed by atoms with Crippen LogP contribution in [0.15, 0.2) is 48.5 Å². The summed E-state index contributed by atoms with van der Waals surface area (Å²) in [6, 6.07) is 14.0. The van der Waals surface area contributed by atoms with Crippen LogP contribution in [0.1, 0.15) is 31.1 Å². The van der Waals surface area contributed by atoms with Gasteiger partial charge in [0.2, 0.25) is 5.91 Å². The van der Waals surface area contributed by atoms with Crippen molar-refractivity contribution in [1.29, 1.82) is 0 Å². The van der Waals surface area contributed by atoms with Crippen LogP contribution in [0.3, 0.4) is 0 Å². The lowest BCUT2D eigenvalue weighted by Gasteiger charge is -2.18. The highest BCUT2D eigenvalue weighted by molar-refractivity contribution is 5.99. The first-order valence-corrected chi connectivity index (χ1v) is 10.3. The van der Waals surface area contributed by atoms with E-state index in [-0.39, 0.29) is 18.4 Å². The standard InChI is InChI=1S/C23H31N3O4/c1-4-26(5-2)15-16-30-21-13-9-19(10-14-21)25-22(27)17-24-23(28)18-7-11-20(12-8-18)29-6-3/h7-14H,4-6,15-17H2,1-3H3,(H,24,28)(H,25,27). The Labute approximate surface area is 178 Å². The Kier molecular flexibility index (Phi) is 9.67. The molecule has 0 radical (unpaired) electrons. The van der Waals surface area contributed by atoms with Gasteiger partial charge in [0.05, 0.1) is 13.2 Å². The number of rotatable bonds is 12. The number of carbonyl (C=O) groups is 2. The van der Waals surface area contributed by atoms with Crippen molar-refractivity contribution in [2.75, 3.05) is 44.7 Å². The van der Waals surface area contributed by atoms with Crippen LogP contribution in [0.25, 0.3) is 0 Å². The van der Waals surface area contributed by atoms with E-state index in [4.69, 9.17) is 9.47 Å². The molecule has 0 atom stereocenters. The molecule has 0 saturated heterocycles. The van der Waals surface area contributed by atoms with Crippen LogP contribution in [0.5, 0.6) is 11.5 Å². The summed E-state index contributed by atoms with van der Waals surface area (Å²) in [6.45, 7) is 10.1. The third-order valence-electron chi connectivity index (χ3n) is 4.55. The van der Waals surface area contributed by atoms with Crippen molar-refractivity contribution in [3.63, 3.8) is 0 Å². The topological polar surface area (TPSA) is 79.9 Å². The van der Waals surface area contributed by atoms with Gasteiger partial charge in [-0.1, -0.05) is 13.8 Å². The maximum Gasteiger partial charge on any atom is 0.251 e. The van der Waals surface area contributed by atoms with Gasteiger partial charge in [-0.3, -0.25) is 9.59 Å². The van der Waals surface area contributed by atoms with Crippen LogP contribution < -0.4 is 20.1 Å². The molecule has 2 rings (SSSR count). The van der Waals surface area contributed by atoms with E-state index in [0.29, 0.717) is 30.2 Å². The van der Waals surface area contributed by atoms with Gasteiger partial charge in [-0.25, -0.2) is 0 Å². The van der Waals surface area contributed by atoms with Crippen molar-refractivity contribution < 1.29 is 19.1 Å². The molecule has 2 aromatic carbocycles. The van der Waals surface area contributed by atoms with Crippen molar-refractivity contribution in [3.05, 3.63) is 54.1 Å². The number of hydrogen-bond donors (Lipinski definition) is 2. The predicted molar refractivity (Wildman–Crippen MR) is 118 cm³/mol. The lowest BCUT2D eigenvalue weighted by atomic mass is 10.2. The molecular weight excluding hydrogens is 382 g/mol. The number of benzene rings is 2. The molecule has 7 heteroatoms. The second kappa shape index (κ2) is 12.5. The highest BCUT2D eigenvalue weighted by Crippen LogP contribution is 2.16. The first-order valence-electron chi connectivity index (χ1n) is 10.3. The molecular formula is C23H31N3O4. The number of nitrogens with one attached hydrogen (secondary N) is 2. The van der Waals surface area contributed by atoms with Gasteiger partial charge in [-0.15, -0.1) is 0 Å². The molecule has 0 heterocycles. The zero-order valence-corrected chi connectivity index (χ0v) is 17.9. The molecule has 0 fully saturated rings. The number of carbonyl (C=O) groups excluding carboxylic acids is 2. The maximum atomic E-state index is 12.2. The molecule has 0 spiro atoms. The van der Waals surface area contributed by atoms with E-state index in [1.165, 1.54) is 0 Å². The van der Waals surface area contributed by atoms with Crippen LogP contribution in [-0.4, -0.2) is 56.1 Å². The van der Waals surface area contributed by atoms with Gasteiger partial charge in [0.15, 0.2) is 0 Å². The molecule has 2 N–H and O–H groups in total. The lowest BCUT2D eigenvalue weighted by molar-refractivity contribution is -0.115. The van der Waals surface area contributed by atoms with Gasteiger partial charge in [0.25, 0.3) is 5.91 Å². The van der Waals surface area contributed by atoms with Gasteiger partial charge >= 0.3 is 0 Å². The van der Waals surface area contributed by atoms with Crippen LogP contribution >= 0.6 is 0 Å². The average Bonchev–Trinajstić information content (AvgIpc) is 2.77. The first-order chi connectivity index (χ1) is 14.5. The van der Waals surface area contributed by atoms with E-state index in [0.717, 1.165) is 25.4 Å². The summed E-state index contributed by atoms with van der Waals surface area (Å²) in [7, 11) is 0. The molecule has 2 aromatic rings. The fourth-order valence-corrected chi connectivity index (χ4v) is 2.80. The second-order valence-electron chi connectivity index (χ2n) is 6.59. The summed E-state index contributed by atoms with van der Waals surface area (Å²) >= 11 is 0. The maximum absolute atomic E-state index is 12.2. The minimum absolute atomic E-state index is 0.117. The van der Waals surface area contributed by atoms with Crippen molar-refractivity contribution >= 4 is 17.5 Å². The van der Waals surface area contributed by atoms with Crippen LogP contribution in [0.4, 0.5) is 5.69 Å². The smallest absolute Gasteiger partial charge is 0.251 e. The molecule has 0 aliphatic heterocycles. The lowest BCUT2D eigenvalue weighted by Crippen LogP contribution is -2.32. The quantitative estimate of drug-likeness (QED) is 0.559.